The number of rotatable bonds is 8. The zero-order valence-corrected chi connectivity index (χ0v) is 16.4. The second-order valence-corrected chi connectivity index (χ2v) is 7.23. The van der Waals surface area contributed by atoms with E-state index in [0.29, 0.717) is 23.5 Å². The molecule has 7 nitrogen and oxygen atoms in total. The van der Waals surface area contributed by atoms with Crippen LogP contribution in [-0.4, -0.2) is 33.9 Å². The Hall–Kier alpha value is -2.36. The van der Waals surface area contributed by atoms with E-state index < -0.39 is 29.0 Å². The smallest absolute Gasteiger partial charge is 0.338 e. The molecule has 3 N–H and O–H groups in total. The highest BCUT2D eigenvalue weighted by Gasteiger charge is 2.43. The number of hydrogen-bond donors (Lipinski definition) is 3. The van der Waals surface area contributed by atoms with Gasteiger partial charge in [-0.2, -0.15) is 8.76 Å². The number of ketones is 1. The number of hydrazine groups is 1. The Labute approximate surface area is 166 Å². The summed E-state index contributed by atoms with van der Waals surface area (Å²) in [5.74, 6) is -0.806. The number of esters is 1. The highest BCUT2D eigenvalue weighted by Crippen LogP contribution is 2.37. The number of carbonyl (C=O) groups excluding carboxylic acids is 2. The van der Waals surface area contributed by atoms with Gasteiger partial charge in [0.25, 0.3) is 0 Å². The third-order valence-electron chi connectivity index (χ3n) is 4.65. The molecular weight excluding hydrogens is 385 g/mol. The van der Waals surface area contributed by atoms with Crippen LogP contribution < -0.4 is 10.9 Å². The lowest BCUT2D eigenvalue weighted by molar-refractivity contribution is 0.0496. The van der Waals surface area contributed by atoms with Gasteiger partial charge in [-0.05, 0) is 41.6 Å². The van der Waals surface area contributed by atoms with Crippen LogP contribution in [0.5, 0.6) is 0 Å². The fourth-order valence-electron chi connectivity index (χ4n) is 3.20. The van der Waals surface area contributed by atoms with Crippen LogP contribution in [0.1, 0.15) is 64.6 Å². The second kappa shape index (κ2) is 8.76. The number of benzene rings is 1. The van der Waals surface area contributed by atoms with Crippen molar-refractivity contribution >= 4 is 29.1 Å². The molecule has 2 aromatic rings. The summed E-state index contributed by atoms with van der Waals surface area (Å²) < 4.78 is 22.2. The van der Waals surface area contributed by atoms with Gasteiger partial charge < -0.3 is 15.3 Å². The molecular formula is C19H22FN3O4S. The second-order valence-electron chi connectivity index (χ2n) is 6.48. The number of aryl methyl sites for hydroxylation is 1. The van der Waals surface area contributed by atoms with Crippen molar-refractivity contribution < 1.29 is 23.8 Å². The Kier molecular flexibility index (Phi) is 6.38. The number of nitrogens with one attached hydrogen (secondary N) is 2. The van der Waals surface area contributed by atoms with E-state index in [1.165, 1.54) is 6.07 Å². The Morgan fingerprint density at radius 1 is 1.39 bits per heavy atom. The lowest BCUT2D eigenvalue weighted by Crippen LogP contribution is -2.41. The summed E-state index contributed by atoms with van der Waals surface area (Å²) in [4.78, 5) is 25.5. The zero-order valence-electron chi connectivity index (χ0n) is 15.6. The lowest BCUT2D eigenvalue weighted by Gasteiger charge is -2.17. The van der Waals surface area contributed by atoms with Gasteiger partial charge in [0.15, 0.2) is 16.7 Å². The molecule has 1 aliphatic carbocycles. The summed E-state index contributed by atoms with van der Waals surface area (Å²) in [6, 6.07) is 3.44. The highest BCUT2D eigenvalue weighted by atomic mass is 32.1. The molecule has 0 saturated carbocycles. The Bertz CT molecular complexity index is 886. The van der Waals surface area contributed by atoms with E-state index >= 15 is 0 Å². The standard InChI is InChI=1S/C19H22FN3O4S/c1-3-5-8-27-19(26)11-7-6-10(4-2)14-15(11)18(25)16(17(14)24)22-21-13-9-12(20)28-23-13/h6-7,9,16-17,22,24H,3-5,8H2,1-2H3,(H,21,23). The fourth-order valence-corrected chi connectivity index (χ4v) is 3.65. The monoisotopic (exact) mass is 407 g/mol. The molecule has 0 aliphatic heterocycles. The number of halogens is 1. The van der Waals surface area contributed by atoms with E-state index in [2.05, 4.69) is 15.2 Å². The molecule has 0 bridgehead atoms. The van der Waals surface area contributed by atoms with Crippen molar-refractivity contribution in [2.45, 2.75) is 45.3 Å². The van der Waals surface area contributed by atoms with Crippen molar-refractivity contribution in [3.05, 3.63) is 45.6 Å². The maximum absolute atomic E-state index is 13.1. The summed E-state index contributed by atoms with van der Waals surface area (Å²) in [6.45, 7) is 4.16. The lowest BCUT2D eigenvalue weighted by atomic mass is 9.95. The van der Waals surface area contributed by atoms with Crippen LogP contribution in [0.2, 0.25) is 0 Å². The van der Waals surface area contributed by atoms with E-state index in [9.17, 15) is 19.1 Å². The maximum atomic E-state index is 13.1. The van der Waals surface area contributed by atoms with E-state index in [-0.39, 0.29) is 23.6 Å². The van der Waals surface area contributed by atoms with Gasteiger partial charge in [0.1, 0.15) is 12.1 Å². The van der Waals surface area contributed by atoms with Crippen molar-refractivity contribution in [2.24, 2.45) is 0 Å². The molecule has 0 fully saturated rings. The van der Waals surface area contributed by atoms with Crippen LogP contribution in [0.15, 0.2) is 18.2 Å². The molecule has 2 atom stereocenters. The van der Waals surface area contributed by atoms with Crippen LogP contribution in [0.4, 0.5) is 10.2 Å². The molecule has 1 aromatic carbocycles. The number of anilines is 1. The van der Waals surface area contributed by atoms with Gasteiger partial charge in [0.05, 0.1) is 12.2 Å². The third kappa shape index (κ3) is 3.91. The first-order valence-electron chi connectivity index (χ1n) is 9.16. The number of ether oxygens (including phenoxy) is 1. The maximum Gasteiger partial charge on any atom is 0.338 e. The number of hydrogen-bond acceptors (Lipinski definition) is 8. The van der Waals surface area contributed by atoms with Gasteiger partial charge >= 0.3 is 5.97 Å². The number of unbranched alkanes of at least 4 members (excludes halogenated alkanes) is 1. The van der Waals surface area contributed by atoms with Crippen LogP contribution in [0.25, 0.3) is 0 Å². The van der Waals surface area contributed by atoms with E-state index in [0.717, 1.165) is 18.4 Å². The fraction of sp³-hybridized carbons (Fsp3) is 0.421. The zero-order chi connectivity index (χ0) is 20.3. The van der Waals surface area contributed by atoms with Gasteiger partial charge in [0, 0.05) is 11.6 Å². The number of Topliss-reactive ketones (excluding diaryl/α,β-unsaturated/α-hetero) is 1. The summed E-state index contributed by atoms with van der Waals surface area (Å²) in [5.41, 5.74) is 6.89. The average Bonchev–Trinajstić information content (AvgIpc) is 3.21. The first-order valence-corrected chi connectivity index (χ1v) is 9.94. The minimum atomic E-state index is -1.16. The summed E-state index contributed by atoms with van der Waals surface area (Å²) >= 11 is 0.670. The van der Waals surface area contributed by atoms with Crippen molar-refractivity contribution in [3.8, 4) is 0 Å². The Morgan fingerprint density at radius 3 is 2.82 bits per heavy atom. The van der Waals surface area contributed by atoms with Gasteiger partial charge in [-0.1, -0.05) is 26.3 Å². The number of carbonyl (C=O) groups is 2. The minimum absolute atomic E-state index is 0.149. The number of aliphatic hydroxyl groups excluding tert-OH is 1. The molecule has 1 heterocycles. The van der Waals surface area contributed by atoms with Crippen molar-refractivity contribution in [2.75, 3.05) is 12.0 Å². The summed E-state index contributed by atoms with van der Waals surface area (Å²) in [7, 11) is 0. The molecule has 0 radical (unpaired) electrons. The van der Waals surface area contributed by atoms with Crippen LogP contribution in [0, 0.1) is 5.13 Å². The number of aromatic nitrogens is 1. The van der Waals surface area contributed by atoms with Crippen LogP contribution in [-0.2, 0) is 11.2 Å². The molecule has 0 spiro atoms. The number of nitrogens with zero attached hydrogens (tertiary/aromatic N) is 1. The molecule has 3 rings (SSSR count). The van der Waals surface area contributed by atoms with E-state index in [1.54, 1.807) is 12.1 Å². The van der Waals surface area contributed by atoms with Gasteiger partial charge in [0.2, 0.25) is 0 Å². The molecule has 0 amide bonds. The molecule has 2 unspecified atom stereocenters. The normalized spacial score (nSPS) is 18.2. The predicted molar refractivity (Wildman–Crippen MR) is 103 cm³/mol. The van der Waals surface area contributed by atoms with Gasteiger partial charge in [-0.25, -0.2) is 10.2 Å². The van der Waals surface area contributed by atoms with Crippen LogP contribution >= 0.6 is 11.5 Å². The molecule has 9 heteroatoms. The molecule has 0 saturated heterocycles. The van der Waals surface area contributed by atoms with Crippen LogP contribution in [0.3, 0.4) is 0 Å². The van der Waals surface area contributed by atoms with Gasteiger partial charge in [-0.15, -0.1) is 0 Å². The molecule has 150 valence electrons. The largest absolute Gasteiger partial charge is 0.462 e. The minimum Gasteiger partial charge on any atom is -0.462 e. The van der Waals surface area contributed by atoms with Gasteiger partial charge in [-0.3, -0.25) is 4.79 Å². The molecule has 28 heavy (non-hydrogen) atoms. The first-order chi connectivity index (χ1) is 13.5. The molecule has 1 aliphatic rings. The van der Waals surface area contributed by atoms with E-state index in [1.807, 2.05) is 13.8 Å². The van der Waals surface area contributed by atoms with E-state index in [4.69, 9.17) is 4.74 Å². The number of fused-ring (bicyclic) bond motifs is 1. The average molecular weight is 407 g/mol. The first kappa shape index (κ1) is 20.4. The third-order valence-corrected chi connectivity index (χ3v) is 5.23. The van der Waals surface area contributed by atoms with Crippen molar-refractivity contribution in [3.63, 3.8) is 0 Å². The van der Waals surface area contributed by atoms with Crippen molar-refractivity contribution in [1.29, 1.82) is 0 Å². The highest BCUT2D eigenvalue weighted by molar-refractivity contribution is 7.04. The summed E-state index contributed by atoms with van der Waals surface area (Å²) in [6.07, 6.45) is 1.05. The quantitative estimate of drug-likeness (QED) is 0.351. The van der Waals surface area contributed by atoms with Crippen molar-refractivity contribution in [1.82, 2.24) is 9.80 Å². The predicted octanol–water partition coefficient (Wildman–Crippen LogP) is 3.02. The Morgan fingerprint density at radius 2 is 2.18 bits per heavy atom. The topological polar surface area (TPSA) is 101 Å². The Balaban J connectivity index is 1.87. The number of aliphatic hydroxyl groups is 1. The molecule has 1 aromatic heterocycles. The summed E-state index contributed by atoms with van der Waals surface area (Å²) in [5, 5.41) is 10.3. The SMILES string of the molecule is CCCCOC(=O)c1ccc(CC)c2c1C(=O)C(NNc1cc(F)sn1)C2O.